The smallest absolute Gasteiger partial charge is 0.244 e. The Kier molecular flexibility index (Phi) is 4.63. The number of anilines is 1. The van der Waals surface area contributed by atoms with Gasteiger partial charge in [-0.3, -0.25) is 9.69 Å². The zero-order valence-electron chi connectivity index (χ0n) is 13.2. The summed E-state index contributed by atoms with van der Waals surface area (Å²) in [5, 5.41) is 3.39. The van der Waals surface area contributed by atoms with Gasteiger partial charge in [-0.05, 0) is 37.1 Å². The molecule has 1 heterocycles. The summed E-state index contributed by atoms with van der Waals surface area (Å²) < 4.78 is 0. The van der Waals surface area contributed by atoms with Gasteiger partial charge in [0.25, 0.3) is 0 Å². The van der Waals surface area contributed by atoms with Crippen LogP contribution in [0.3, 0.4) is 0 Å². The number of nitrogens with zero attached hydrogens (tertiary/aromatic N) is 1. The van der Waals surface area contributed by atoms with E-state index in [0.717, 1.165) is 31.6 Å². The summed E-state index contributed by atoms with van der Waals surface area (Å²) in [4.78, 5) is 14.5. The van der Waals surface area contributed by atoms with Crippen LogP contribution in [-0.4, -0.2) is 29.4 Å². The van der Waals surface area contributed by atoms with E-state index in [0.29, 0.717) is 6.54 Å². The van der Waals surface area contributed by atoms with Gasteiger partial charge in [-0.2, -0.15) is 0 Å². The van der Waals surface area contributed by atoms with Crippen molar-refractivity contribution >= 4 is 11.6 Å². The summed E-state index contributed by atoms with van der Waals surface area (Å²) in [5.41, 5.74) is 7.27. The lowest BCUT2D eigenvalue weighted by atomic mass is 9.87. The van der Waals surface area contributed by atoms with Gasteiger partial charge in [-0.1, -0.05) is 48.5 Å². The third kappa shape index (κ3) is 3.71. The van der Waals surface area contributed by atoms with Crippen molar-refractivity contribution in [2.45, 2.75) is 24.9 Å². The minimum atomic E-state index is -0.700. The molecule has 1 unspecified atom stereocenters. The Hall–Kier alpha value is -2.33. The number of hydrogen-bond donors (Lipinski definition) is 2. The van der Waals surface area contributed by atoms with Gasteiger partial charge in [-0.25, -0.2) is 0 Å². The second-order valence-corrected chi connectivity index (χ2v) is 6.24. The Bertz CT molecular complexity index is 644. The molecule has 2 aromatic rings. The number of amides is 1. The van der Waals surface area contributed by atoms with Crippen LogP contribution in [0.5, 0.6) is 0 Å². The van der Waals surface area contributed by atoms with E-state index in [-0.39, 0.29) is 5.91 Å². The van der Waals surface area contributed by atoms with Gasteiger partial charge in [0.2, 0.25) is 5.91 Å². The molecule has 0 bridgehead atoms. The van der Waals surface area contributed by atoms with E-state index in [2.05, 4.69) is 22.3 Å². The topological polar surface area (TPSA) is 58.4 Å². The molecule has 1 fully saturated rings. The van der Waals surface area contributed by atoms with Gasteiger partial charge in [-0.15, -0.1) is 0 Å². The summed E-state index contributed by atoms with van der Waals surface area (Å²) in [6, 6.07) is 20.2. The van der Waals surface area contributed by atoms with Crippen LogP contribution in [-0.2, 0) is 11.3 Å². The SMILES string of the molecule is NC(=O)C1(Nc2ccccc2)CCCN(Cc2ccccc2)C1. The maximum Gasteiger partial charge on any atom is 0.244 e. The summed E-state index contributed by atoms with van der Waals surface area (Å²) in [6.07, 6.45) is 1.72. The van der Waals surface area contributed by atoms with Crippen molar-refractivity contribution in [2.24, 2.45) is 5.73 Å². The zero-order valence-corrected chi connectivity index (χ0v) is 13.2. The molecule has 1 atom stereocenters. The number of primary amides is 1. The monoisotopic (exact) mass is 309 g/mol. The molecule has 1 saturated heterocycles. The van der Waals surface area contributed by atoms with Crippen molar-refractivity contribution < 1.29 is 4.79 Å². The molecule has 0 spiro atoms. The Balaban J connectivity index is 1.76. The molecular formula is C19H23N3O. The van der Waals surface area contributed by atoms with E-state index in [1.54, 1.807) is 0 Å². The van der Waals surface area contributed by atoms with Gasteiger partial charge in [0.15, 0.2) is 0 Å². The lowest BCUT2D eigenvalue weighted by Gasteiger charge is -2.41. The Morgan fingerprint density at radius 2 is 1.74 bits per heavy atom. The molecule has 0 aliphatic carbocycles. The molecule has 3 N–H and O–H groups in total. The fraction of sp³-hybridized carbons (Fsp3) is 0.316. The molecule has 4 nitrogen and oxygen atoms in total. The highest BCUT2D eigenvalue weighted by Crippen LogP contribution is 2.27. The summed E-state index contributed by atoms with van der Waals surface area (Å²) in [6.45, 7) is 2.46. The minimum absolute atomic E-state index is 0.279. The average Bonchev–Trinajstić information content (AvgIpc) is 2.57. The number of para-hydroxylation sites is 1. The zero-order chi connectivity index (χ0) is 16.1. The van der Waals surface area contributed by atoms with Crippen LogP contribution >= 0.6 is 0 Å². The lowest BCUT2D eigenvalue weighted by molar-refractivity contribution is -0.124. The highest BCUT2D eigenvalue weighted by Gasteiger charge is 2.40. The van der Waals surface area contributed by atoms with Crippen LogP contribution < -0.4 is 11.1 Å². The predicted octanol–water partition coefficient (Wildman–Crippen LogP) is 2.62. The quantitative estimate of drug-likeness (QED) is 0.892. The number of piperidine rings is 1. The highest BCUT2D eigenvalue weighted by atomic mass is 16.1. The van der Waals surface area contributed by atoms with Gasteiger partial charge < -0.3 is 11.1 Å². The van der Waals surface area contributed by atoms with Crippen molar-refractivity contribution in [3.63, 3.8) is 0 Å². The first-order chi connectivity index (χ1) is 11.2. The van der Waals surface area contributed by atoms with E-state index >= 15 is 0 Å². The fourth-order valence-corrected chi connectivity index (χ4v) is 3.28. The first-order valence-corrected chi connectivity index (χ1v) is 8.07. The molecule has 1 aliphatic rings. The molecular weight excluding hydrogens is 286 g/mol. The summed E-state index contributed by atoms with van der Waals surface area (Å²) in [5.74, 6) is -0.279. The number of nitrogens with one attached hydrogen (secondary N) is 1. The van der Waals surface area contributed by atoms with Gasteiger partial charge in [0.05, 0.1) is 0 Å². The van der Waals surface area contributed by atoms with E-state index in [1.165, 1.54) is 5.56 Å². The van der Waals surface area contributed by atoms with Crippen LogP contribution in [0, 0.1) is 0 Å². The number of likely N-dealkylation sites (tertiary alicyclic amines) is 1. The average molecular weight is 309 g/mol. The van der Waals surface area contributed by atoms with Gasteiger partial charge in [0.1, 0.15) is 5.54 Å². The second-order valence-electron chi connectivity index (χ2n) is 6.24. The van der Waals surface area contributed by atoms with Crippen LogP contribution in [0.2, 0.25) is 0 Å². The summed E-state index contributed by atoms with van der Waals surface area (Å²) in [7, 11) is 0. The number of benzene rings is 2. The van der Waals surface area contributed by atoms with Crippen molar-refractivity contribution in [3.8, 4) is 0 Å². The second kappa shape index (κ2) is 6.84. The van der Waals surface area contributed by atoms with Crippen LogP contribution in [0.1, 0.15) is 18.4 Å². The number of rotatable bonds is 5. The van der Waals surface area contributed by atoms with Gasteiger partial charge >= 0.3 is 0 Å². The fourth-order valence-electron chi connectivity index (χ4n) is 3.28. The van der Waals surface area contributed by atoms with Crippen molar-refractivity contribution in [1.29, 1.82) is 0 Å². The highest BCUT2D eigenvalue weighted by molar-refractivity contribution is 5.88. The number of nitrogens with two attached hydrogens (primary N) is 1. The number of hydrogen-bond acceptors (Lipinski definition) is 3. The normalized spacial score (nSPS) is 21.7. The molecule has 120 valence electrons. The third-order valence-electron chi connectivity index (χ3n) is 4.45. The van der Waals surface area contributed by atoms with E-state index in [1.807, 2.05) is 48.5 Å². The minimum Gasteiger partial charge on any atom is -0.370 e. The largest absolute Gasteiger partial charge is 0.370 e. The molecule has 1 amide bonds. The Morgan fingerprint density at radius 3 is 2.39 bits per heavy atom. The standard InChI is InChI=1S/C19H23N3O/c20-18(23)19(21-17-10-5-2-6-11-17)12-7-13-22(15-19)14-16-8-3-1-4-9-16/h1-6,8-11,21H,7,12-15H2,(H2,20,23). The Labute approximate surface area is 137 Å². The molecule has 0 aromatic heterocycles. The van der Waals surface area contributed by atoms with Crippen molar-refractivity contribution in [2.75, 3.05) is 18.4 Å². The number of carbonyl (C=O) groups excluding carboxylic acids is 1. The molecule has 2 aromatic carbocycles. The summed E-state index contributed by atoms with van der Waals surface area (Å²) >= 11 is 0. The van der Waals surface area contributed by atoms with Crippen LogP contribution in [0.15, 0.2) is 60.7 Å². The molecule has 1 aliphatic heterocycles. The molecule has 0 radical (unpaired) electrons. The van der Waals surface area contributed by atoms with Crippen LogP contribution in [0.4, 0.5) is 5.69 Å². The first kappa shape index (κ1) is 15.6. The molecule has 3 rings (SSSR count). The maximum atomic E-state index is 12.2. The van der Waals surface area contributed by atoms with Crippen molar-refractivity contribution in [3.05, 3.63) is 66.2 Å². The predicted molar refractivity (Wildman–Crippen MR) is 92.9 cm³/mol. The third-order valence-corrected chi connectivity index (χ3v) is 4.45. The first-order valence-electron chi connectivity index (χ1n) is 8.07. The lowest BCUT2D eigenvalue weighted by Crippen LogP contribution is -2.60. The molecule has 0 saturated carbocycles. The van der Waals surface area contributed by atoms with Crippen molar-refractivity contribution in [1.82, 2.24) is 4.90 Å². The van der Waals surface area contributed by atoms with E-state index in [9.17, 15) is 4.79 Å². The molecule has 4 heteroatoms. The van der Waals surface area contributed by atoms with Crippen LogP contribution in [0.25, 0.3) is 0 Å². The van der Waals surface area contributed by atoms with Gasteiger partial charge in [0, 0.05) is 18.8 Å². The maximum absolute atomic E-state index is 12.2. The molecule has 23 heavy (non-hydrogen) atoms. The number of carbonyl (C=O) groups is 1. The Morgan fingerprint density at radius 1 is 1.09 bits per heavy atom. The van der Waals surface area contributed by atoms with E-state index in [4.69, 9.17) is 5.73 Å². The van der Waals surface area contributed by atoms with E-state index < -0.39 is 5.54 Å².